The Morgan fingerprint density at radius 3 is 2.13 bits per heavy atom. The topological polar surface area (TPSA) is 110 Å². The fraction of sp³-hybridized carbons (Fsp3) is 1.00. The maximum absolute atomic E-state index is 9.95. The molecule has 0 aromatic carbocycles. The highest BCUT2D eigenvalue weighted by molar-refractivity contribution is 4.97. The van der Waals surface area contributed by atoms with Gasteiger partial charge in [-0.15, -0.1) is 0 Å². The molecule has 0 saturated carbocycles. The van der Waals surface area contributed by atoms with E-state index in [0.717, 1.165) is 0 Å². The zero-order valence-corrected chi connectivity index (χ0v) is 8.74. The average Bonchev–Trinajstić information content (AvgIpc) is 2.20. The Kier molecular flexibility index (Phi) is 3.70. The number of rotatable bonds is 2. The van der Waals surface area contributed by atoms with Gasteiger partial charge in [0.2, 0.25) is 0 Å². The van der Waals surface area contributed by atoms with Crippen LogP contribution in [0.15, 0.2) is 0 Å². The molecule has 0 aromatic rings. The fourth-order valence-corrected chi connectivity index (χ4v) is 1.66. The molecule has 1 aliphatic heterocycles. The molecule has 15 heavy (non-hydrogen) atoms. The summed E-state index contributed by atoms with van der Waals surface area (Å²) in [4.78, 5) is 0. The highest BCUT2D eigenvalue weighted by Gasteiger charge is 2.53. The van der Waals surface area contributed by atoms with Crippen LogP contribution in [0.4, 0.5) is 0 Å². The summed E-state index contributed by atoms with van der Waals surface area (Å²) in [6, 6.07) is 0. The van der Waals surface area contributed by atoms with Crippen molar-refractivity contribution in [3.05, 3.63) is 0 Å². The number of hydrogen-bond donors (Lipinski definition) is 5. The van der Waals surface area contributed by atoms with Crippen LogP contribution in [0, 0.1) is 5.92 Å². The van der Waals surface area contributed by atoms with Gasteiger partial charge in [-0.2, -0.15) is 0 Å². The van der Waals surface area contributed by atoms with Crippen molar-refractivity contribution in [3.8, 4) is 0 Å². The van der Waals surface area contributed by atoms with Gasteiger partial charge in [-0.3, -0.25) is 0 Å². The smallest absolute Gasteiger partial charge is 0.197 e. The van der Waals surface area contributed by atoms with Crippen molar-refractivity contribution in [2.24, 2.45) is 5.92 Å². The van der Waals surface area contributed by atoms with Gasteiger partial charge in [0, 0.05) is 5.92 Å². The van der Waals surface area contributed by atoms with E-state index in [1.807, 2.05) is 0 Å². The summed E-state index contributed by atoms with van der Waals surface area (Å²) in [6.07, 6.45) is -5.65. The molecule has 0 aliphatic carbocycles. The second kappa shape index (κ2) is 4.32. The monoisotopic (exact) mass is 222 g/mol. The van der Waals surface area contributed by atoms with E-state index in [0.29, 0.717) is 0 Å². The van der Waals surface area contributed by atoms with Crippen molar-refractivity contribution in [2.75, 3.05) is 6.61 Å². The van der Waals surface area contributed by atoms with E-state index >= 15 is 0 Å². The van der Waals surface area contributed by atoms with Gasteiger partial charge in [0.15, 0.2) is 5.79 Å². The summed E-state index contributed by atoms with van der Waals surface area (Å²) >= 11 is 0. The molecule has 1 heterocycles. The Bertz CT molecular complexity index is 219. The van der Waals surface area contributed by atoms with Gasteiger partial charge in [-0.05, 0) is 0 Å². The van der Waals surface area contributed by atoms with E-state index < -0.39 is 42.7 Å². The maximum Gasteiger partial charge on any atom is 0.197 e. The van der Waals surface area contributed by atoms with Crippen LogP contribution in [0.1, 0.15) is 13.8 Å². The van der Waals surface area contributed by atoms with Crippen molar-refractivity contribution < 1.29 is 30.3 Å². The van der Waals surface area contributed by atoms with Crippen molar-refractivity contribution in [1.29, 1.82) is 0 Å². The molecule has 90 valence electrons. The quantitative estimate of drug-likeness (QED) is 0.363. The SMILES string of the molecule is CC(C)[C@@]1(O)O[C@H](CO)[C@H](O)[C@H](O)[C@H]1O. The largest absolute Gasteiger partial charge is 0.394 e. The second-order valence-electron chi connectivity index (χ2n) is 4.17. The van der Waals surface area contributed by atoms with Gasteiger partial charge >= 0.3 is 0 Å². The van der Waals surface area contributed by atoms with Gasteiger partial charge in [-0.1, -0.05) is 13.8 Å². The van der Waals surface area contributed by atoms with E-state index in [-0.39, 0.29) is 0 Å². The number of aliphatic hydroxyl groups excluding tert-OH is 4. The molecule has 6 nitrogen and oxygen atoms in total. The summed E-state index contributed by atoms with van der Waals surface area (Å²) in [5.74, 6) is -2.44. The minimum absolute atomic E-state index is 0.483. The molecule has 1 rings (SSSR count). The zero-order valence-electron chi connectivity index (χ0n) is 8.74. The maximum atomic E-state index is 9.95. The number of aliphatic hydroxyl groups is 5. The Morgan fingerprint density at radius 2 is 1.73 bits per heavy atom. The van der Waals surface area contributed by atoms with E-state index in [9.17, 15) is 20.4 Å². The zero-order chi connectivity index (χ0) is 11.8. The van der Waals surface area contributed by atoms with Crippen LogP contribution in [0.25, 0.3) is 0 Å². The van der Waals surface area contributed by atoms with Crippen LogP contribution in [0.3, 0.4) is 0 Å². The second-order valence-corrected chi connectivity index (χ2v) is 4.17. The number of ether oxygens (including phenoxy) is 1. The predicted octanol–water partition coefficient (Wildman–Crippen LogP) is -2.20. The van der Waals surface area contributed by atoms with Gasteiger partial charge < -0.3 is 30.3 Å². The molecule has 5 N–H and O–H groups in total. The Labute approximate surface area is 87.7 Å². The van der Waals surface area contributed by atoms with Crippen LogP contribution >= 0.6 is 0 Å². The molecule has 0 radical (unpaired) electrons. The van der Waals surface area contributed by atoms with Crippen molar-refractivity contribution in [1.82, 2.24) is 0 Å². The fourth-order valence-electron chi connectivity index (χ4n) is 1.66. The summed E-state index contributed by atoms with van der Waals surface area (Å²) in [5.41, 5.74) is 0. The van der Waals surface area contributed by atoms with Crippen LogP contribution < -0.4 is 0 Å². The lowest BCUT2D eigenvalue weighted by atomic mass is 9.86. The normalized spacial score (nSPS) is 47.2. The highest BCUT2D eigenvalue weighted by atomic mass is 16.7. The van der Waals surface area contributed by atoms with E-state index in [1.54, 1.807) is 13.8 Å². The molecule has 5 atom stereocenters. The minimum atomic E-state index is -1.95. The Morgan fingerprint density at radius 1 is 1.20 bits per heavy atom. The Hall–Kier alpha value is -0.240. The summed E-state index contributed by atoms with van der Waals surface area (Å²) in [6.45, 7) is 2.66. The van der Waals surface area contributed by atoms with Crippen LogP contribution in [0.2, 0.25) is 0 Å². The number of hydrogen-bond acceptors (Lipinski definition) is 6. The van der Waals surface area contributed by atoms with Crippen molar-refractivity contribution >= 4 is 0 Å². The molecule has 1 saturated heterocycles. The van der Waals surface area contributed by atoms with Crippen molar-refractivity contribution in [3.63, 3.8) is 0 Å². The summed E-state index contributed by atoms with van der Waals surface area (Å²) < 4.78 is 5.03. The molecule has 0 spiro atoms. The van der Waals surface area contributed by atoms with Crippen LogP contribution in [0.5, 0.6) is 0 Å². The first-order valence-electron chi connectivity index (χ1n) is 4.89. The van der Waals surface area contributed by atoms with Gasteiger partial charge in [0.25, 0.3) is 0 Å². The first-order valence-corrected chi connectivity index (χ1v) is 4.89. The molecule has 1 fully saturated rings. The third-order valence-electron chi connectivity index (χ3n) is 2.83. The van der Waals surface area contributed by atoms with Crippen molar-refractivity contribution in [2.45, 2.75) is 44.1 Å². The Balaban J connectivity index is 2.92. The van der Waals surface area contributed by atoms with Crippen LogP contribution in [-0.4, -0.2) is 62.3 Å². The summed E-state index contributed by atoms with van der Waals surface area (Å²) in [5, 5.41) is 47.3. The standard InChI is InChI=1S/C9H18O6/c1-4(2)9(14)8(13)7(12)6(11)5(3-10)15-9/h4-8,10-14H,3H2,1-2H3/t5-,6+,7+,8-,9-/m1/s1. The highest BCUT2D eigenvalue weighted by Crippen LogP contribution is 2.33. The molecular weight excluding hydrogens is 204 g/mol. The van der Waals surface area contributed by atoms with Gasteiger partial charge in [0.05, 0.1) is 6.61 Å². The average molecular weight is 222 g/mol. The summed E-state index contributed by atoms with van der Waals surface area (Å²) in [7, 11) is 0. The lowest BCUT2D eigenvalue weighted by Crippen LogP contribution is -2.67. The molecule has 0 amide bonds. The van der Waals surface area contributed by atoms with Gasteiger partial charge in [0.1, 0.15) is 24.4 Å². The molecule has 6 heteroatoms. The first kappa shape index (κ1) is 12.8. The van der Waals surface area contributed by atoms with E-state index in [2.05, 4.69) is 0 Å². The molecule has 0 unspecified atom stereocenters. The minimum Gasteiger partial charge on any atom is -0.394 e. The lowest BCUT2D eigenvalue weighted by molar-refractivity contribution is -0.364. The van der Waals surface area contributed by atoms with Gasteiger partial charge in [-0.25, -0.2) is 0 Å². The third-order valence-corrected chi connectivity index (χ3v) is 2.83. The van der Waals surface area contributed by atoms with E-state index in [4.69, 9.17) is 9.84 Å². The molecule has 0 aromatic heterocycles. The third kappa shape index (κ3) is 2.01. The van der Waals surface area contributed by atoms with Crippen LogP contribution in [-0.2, 0) is 4.74 Å². The first-order chi connectivity index (χ1) is 6.84. The molecule has 1 aliphatic rings. The van der Waals surface area contributed by atoms with E-state index in [1.165, 1.54) is 0 Å². The molecular formula is C9H18O6. The lowest BCUT2D eigenvalue weighted by Gasteiger charge is -2.47. The predicted molar refractivity (Wildman–Crippen MR) is 49.8 cm³/mol. The molecule has 0 bridgehead atoms.